The lowest BCUT2D eigenvalue weighted by Gasteiger charge is -2.28. The average molecular weight is 445 g/mol. The van der Waals surface area contributed by atoms with Gasteiger partial charge in [0.2, 0.25) is 11.8 Å². The zero-order valence-electron chi connectivity index (χ0n) is 18.0. The molecule has 3 rings (SSSR count). The zero-order valence-corrected chi connectivity index (χ0v) is 18.7. The van der Waals surface area contributed by atoms with Gasteiger partial charge in [-0.1, -0.05) is 11.6 Å². The summed E-state index contributed by atoms with van der Waals surface area (Å²) in [5.74, 6) is 0.0780. The van der Waals surface area contributed by atoms with E-state index in [4.69, 9.17) is 16.3 Å². The van der Waals surface area contributed by atoms with Crippen molar-refractivity contribution in [1.29, 1.82) is 0 Å². The van der Waals surface area contributed by atoms with Gasteiger partial charge in [-0.15, -0.1) is 0 Å². The minimum absolute atomic E-state index is 0.0526. The van der Waals surface area contributed by atoms with E-state index in [2.05, 4.69) is 15.5 Å². The van der Waals surface area contributed by atoms with Crippen molar-refractivity contribution in [2.75, 3.05) is 55.9 Å². The summed E-state index contributed by atoms with van der Waals surface area (Å²) < 4.78 is 5.23. The van der Waals surface area contributed by atoms with Crippen molar-refractivity contribution in [3.63, 3.8) is 0 Å². The molecule has 1 heterocycles. The van der Waals surface area contributed by atoms with Gasteiger partial charge in [-0.3, -0.25) is 14.5 Å². The Morgan fingerprint density at radius 1 is 1.00 bits per heavy atom. The van der Waals surface area contributed by atoms with Gasteiger partial charge in [-0.25, -0.2) is 0 Å². The number of nitrogens with zero attached hydrogens (tertiary/aromatic N) is 2. The van der Waals surface area contributed by atoms with E-state index in [1.54, 1.807) is 30.1 Å². The standard InChI is InChI=1S/C23H29ClN4O3/c1-27(16-23(30)26-20-14-17(24)6-11-21(20)31-2)15-22(29)25-18-7-9-19(10-8-18)28-12-4-3-5-13-28/h6-11,14H,3-5,12-13,15-16H2,1-2H3,(H,25,29)(H,26,30). The van der Waals surface area contributed by atoms with E-state index in [9.17, 15) is 9.59 Å². The molecular weight excluding hydrogens is 416 g/mol. The van der Waals surface area contributed by atoms with Crippen LogP contribution in [-0.2, 0) is 9.59 Å². The Morgan fingerprint density at radius 2 is 1.65 bits per heavy atom. The summed E-state index contributed by atoms with van der Waals surface area (Å²) in [4.78, 5) is 28.7. The number of nitrogens with one attached hydrogen (secondary N) is 2. The van der Waals surface area contributed by atoms with Crippen LogP contribution in [0.3, 0.4) is 0 Å². The van der Waals surface area contributed by atoms with Crippen LogP contribution in [0.25, 0.3) is 0 Å². The Labute approximate surface area is 188 Å². The van der Waals surface area contributed by atoms with E-state index in [0.29, 0.717) is 16.5 Å². The van der Waals surface area contributed by atoms with Crippen LogP contribution in [0, 0.1) is 0 Å². The number of hydrogen-bond acceptors (Lipinski definition) is 5. The van der Waals surface area contributed by atoms with Gasteiger partial charge in [-0.2, -0.15) is 0 Å². The number of ether oxygens (including phenoxy) is 1. The highest BCUT2D eigenvalue weighted by atomic mass is 35.5. The van der Waals surface area contributed by atoms with Gasteiger partial charge in [0.1, 0.15) is 5.75 Å². The van der Waals surface area contributed by atoms with Crippen molar-refractivity contribution >= 4 is 40.5 Å². The van der Waals surface area contributed by atoms with E-state index in [-0.39, 0.29) is 24.9 Å². The molecule has 2 aromatic carbocycles. The number of benzene rings is 2. The number of amides is 2. The van der Waals surface area contributed by atoms with Gasteiger partial charge in [-0.05, 0) is 68.8 Å². The second-order valence-electron chi connectivity index (χ2n) is 7.71. The lowest BCUT2D eigenvalue weighted by Crippen LogP contribution is -2.36. The molecule has 0 spiro atoms. The summed E-state index contributed by atoms with van der Waals surface area (Å²) in [5, 5.41) is 6.15. The quantitative estimate of drug-likeness (QED) is 0.647. The Kier molecular flexibility index (Phi) is 8.14. The van der Waals surface area contributed by atoms with Crippen LogP contribution in [0.5, 0.6) is 5.75 Å². The number of carbonyl (C=O) groups excluding carboxylic acids is 2. The predicted octanol–water partition coefficient (Wildman–Crippen LogP) is 3.85. The number of methoxy groups -OCH3 is 1. The third kappa shape index (κ3) is 6.87. The molecule has 1 fully saturated rings. The van der Waals surface area contributed by atoms with Gasteiger partial charge < -0.3 is 20.3 Å². The first-order chi connectivity index (χ1) is 14.9. The number of hydrogen-bond donors (Lipinski definition) is 2. The van der Waals surface area contributed by atoms with Crippen LogP contribution < -0.4 is 20.3 Å². The molecule has 31 heavy (non-hydrogen) atoms. The van der Waals surface area contributed by atoms with Crippen LogP contribution in [0.15, 0.2) is 42.5 Å². The second kappa shape index (κ2) is 11.0. The number of likely N-dealkylation sites (N-methyl/N-ethyl adjacent to an activating group) is 1. The maximum atomic E-state index is 12.4. The fraction of sp³-hybridized carbons (Fsp3) is 0.391. The summed E-state index contributed by atoms with van der Waals surface area (Å²) >= 11 is 5.99. The predicted molar refractivity (Wildman–Crippen MR) is 125 cm³/mol. The molecule has 2 N–H and O–H groups in total. The van der Waals surface area contributed by atoms with Crippen molar-refractivity contribution in [2.45, 2.75) is 19.3 Å². The molecule has 2 aromatic rings. The number of halogens is 1. The van der Waals surface area contributed by atoms with Gasteiger partial charge in [0, 0.05) is 29.5 Å². The molecule has 1 saturated heterocycles. The van der Waals surface area contributed by atoms with Crippen molar-refractivity contribution in [3.05, 3.63) is 47.5 Å². The Balaban J connectivity index is 1.47. The SMILES string of the molecule is COc1ccc(Cl)cc1NC(=O)CN(C)CC(=O)Nc1ccc(N2CCCCC2)cc1. The van der Waals surface area contributed by atoms with E-state index in [1.807, 2.05) is 24.3 Å². The van der Waals surface area contributed by atoms with E-state index >= 15 is 0 Å². The van der Waals surface area contributed by atoms with Crippen LogP contribution in [0.2, 0.25) is 5.02 Å². The maximum absolute atomic E-state index is 12.4. The van der Waals surface area contributed by atoms with Gasteiger partial charge in [0.05, 0.1) is 25.9 Å². The minimum Gasteiger partial charge on any atom is -0.495 e. The molecule has 0 saturated carbocycles. The van der Waals surface area contributed by atoms with Crippen LogP contribution in [0.1, 0.15) is 19.3 Å². The highest BCUT2D eigenvalue weighted by Crippen LogP contribution is 2.27. The lowest BCUT2D eigenvalue weighted by atomic mass is 10.1. The summed E-state index contributed by atoms with van der Waals surface area (Å²) in [7, 11) is 3.24. The molecule has 1 aliphatic heterocycles. The second-order valence-corrected chi connectivity index (χ2v) is 8.14. The number of rotatable bonds is 8. The first-order valence-electron chi connectivity index (χ1n) is 10.4. The number of piperidine rings is 1. The smallest absolute Gasteiger partial charge is 0.238 e. The summed E-state index contributed by atoms with van der Waals surface area (Å²) in [6, 6.07) is 12.9. The molecule has 0 atom stereocenters. The van der Waals surface area contributed by atoms with Crippen molar-refractivity contribution in [2.24, 2.45) is 0 Å². The molecule has 1 aliphatic rings. The van der Waals surface area contributed by atoms with E-state index in [0.717, 1.165) is 18.8 Å². The number of anilines is 3. The van der Waals surface area contributed by atoms with E-state index < -0.39 is 0 Å². The largest absolute Gasteiger partial charge is 0.495 e. The molecule has 0 radical (unpaired) electrons. The molecule has 0 aliphatic carbocycles. The third-order valence-electron chi connectivity index (χ3n) is 5.13. The summed E-state index contributed by atoms with van der Waals surface area (Å²) in [5.41, 5.74) is 2.42. The Bertz CT molecular complexity index is 898. The Morgan fingerprint density at radius 3 is 2.29 bits per heavy atom. The van der Waals surface area contributed by atoms with Gasteiger partial charge in [0.15, 0.2) is 0 Å². The lowest BCUT2D eigenvalue weighted by molar-refractivity contribution is -0.119. The van der Waals surface area contributed by atoms with Crippen LogP contribution >= 0.6 is 11.6 Å². The molecule has 0 bridgehead atoms. The summed E-state index contributed by atoms with van der Waals surface area (Å²) in [6.07, 6.45) is 3.74. The van der Waals surface area contributed by atoms with Crippen LogP contribution in [-0.4, -0.2) is 57.1 Å². The highest BCUT2D eigenvalue weighted by molar-refractivity contribution is 6.31. The molecule has 8 heteroatoms. The Hall–Kier alpha value is -2.77. The topological polar surface area (TPSA) is 73.9 Å². The van der Waals surface area contributed by atoms with Crippen molar-refractivity contribution in [3.8, 4) is 5.75 Å². The van der Waals surface area contributed by atoms with E-state index in [1.165, 1.54) is 32.1 Å². The molecular formula is C23H29ClN4O3. The molecule has 7 nitrogen and oxygen atoms in total. The number of carbonyl (C=O) groups is 2. The normalized spacial score (nSPS) is 13.7. The monoisotopic (exact) mass is 444 g/mol. The zero-order chi connectivity index (χ0) is 22.2. The molecule has 0 unspecified atom stereocenters. The highest BCUT2D eigenvalue weighted by Gasteiger charge is 2.14. The first-order valence-corrected chi connectivity index (χ1v) is 10.8. The van der Waals surface area contributed by atoms with Crippen LogP contribution in [0.4, 0.5) is 17.1 Å². The fourth-order valence-corrected chi connectivity index (χ4v) is 3.79. The molecule has 2 amide bonds. The molecule has 166 valence electrons. The van der Waals surface area contributed by atoms with Gasteiger partial charge >= 0.3 is 0 Å². The van der Waals surface area contributed by atoms with Crippen molar-refractivity contribution in [1.82, 2.24) is 4.90 Å². The van der Waals surface area contributed by atoms with Gasteiger partial charge in [0.25, 0.3) is 0 Å². The molecule has 0 aromatic heterocycles. The average Bonchev–Trinajstić information content (AvgIpc) is 2.74. The summed E-state index contributed by atoms with van der Waals surface area (Å²) in [6.45, 7) is 2.31. The minimum atomic E-state index is -0.262. The maximum Gasteiger partial charge on any atom is 0.238 e. The third-order valence-corrected chi connectivity index (χ3v) is 5.37. The fourth-order valence-electron chi connectivity index (χ4n) is 3.62. The van der Waals surface area contributed by atoms with Crippen molar-refractivity contribution < 1.29 is 14.3 Å². The first kappa shape index (κ1) is 22.9.